The average Bonchev–Trinajstić information content (AvgIpc) is 2.84. The first-order valence-electron chi connectivity index (χ1n) is 5.06. The molecular weight excluding hydrogens is 273 g/mol. The molecule has 0 unspecified atom stereocenters. The number of hydrogen-bond acceptors (Lipinski definition) is 4. The summed E-state index contributed by atoms with van der Waals surface area (Å²) >= 11 is 1.23. The molecule has 0 fully saturated rings. The second-order valence-electron chi connectivity index (χ2n) is 3.42. The zero-order valence-corrected chi connectivity index (χ0v) is 10.2. The van der Waals surface area contributed by atoms with Crippen LogP contribution in [0.25, 0.3) is 0 Å². The van der Waals surface area contributed by atoms with Gasteiger partial charge in [-0.3, -0.25) is 15.4 Å². The van der Waals surface area contributed by atoms with Gasteiger partial charge in [0, 0.05) is 17.1 Å². The fourth-order valence-corrected chi connectivity index (χ4v) is 1.85. The van der Waals surface area contributed by atoms with E-state index in [9.17, 15) is 14.0 Å². The minimum absolute atomic E-state index is 0.0728. The van der Waals surface area contributed by atoms with E-state index < -0.39 is 17.8 Å². The first-order valence-corrected chi connectivity index (χ1v) is 5.94. The lowest BCUT2D eigenvalue weighted by Crippen LogP contribution is -2.13. The summed E-state index contributed by atoms with van der Waals surface area (Å²) in [5.74, 6) is -1.34. The molecule has 0 aliphatic heterocycles. The smallest absolute Gasteiger partial charge is 0.409 e. The molecule has 0 atom stereocenters. The Morgan fingerprint density at radius 3 is 2.68 bits per heavy atom. The molecule has 0 aliphatic carbocycles. The normalized spacial score (nSPS) is 9.95. The number of carboxylic acid groups (broad SMARTS) is 1. The maximum atomic E-state index is 13.5. The van der Waals surface area contributed by atoms with Gasteiger partial charge in [0.1, 0.15) is 5.82 Å². The Balaban J connectivity index is 2.15. The predicted octanol–water partition coefficient (Wildman–Crippen LogP) is 2.62. The van der Waals surface area contributed by atoms with Crippen molar-refractivity contribution >= 4 is 34.2 Å². The summed E-state index contributed by atoms with van der Waals surface area (Å²) in [5, 5.41) is 14.9. The second kappa shape index (κ2) is 5.44. The molecule has 0 bridgehead atoms. The maximum absolute atomic E-state index is 13.5. The Morgan fingerprint density at radius 2 is 2.11 bits per heavy atom. The highest BCUT2D eigenvalue weighted by atomic mass is 32.1. The number of thiazole rings is 1. The number of hydrogen-bond donors (Lipinski definition) is 3. The Bertz CT molecular complexity index is 616. The topological polar surface area (TPSA) is 91.3 Å². The van der Waals surface area contributed by atoms with Gasteiger partial charge in [-0.2, -0.15) is 0 Å². The number of benzene rings is 1. The van der Waals surface area contributed by atoms with Gasteiger partial charge in [-0.15, -0.1) is 11.3 Å². The third-order valence-corrected chi connectivity index (χ3v) is 2.81. The van der Waals surface area contributed by atoms with Gasteiger partial charge in [-0.1, -0.05) is 0 Å². The molecule has 2 amide bonds. The third-order valence-electron chi connectivity index (χ3n) is 2.13. The Kier molecular flexibility index (Phi) is 3.71. The van der Waals surface area contributed by atoms with Gasteiger partial charge in [0.25, 0.3) is 5.91 Å². The monoisotopic (exact) mass is 281 g/mol. The number of carbonyl (C=O) groups is 2. The standard InChI is InChI=1S/C11H8FN3O3S/c12-7-5-6(1-2-8(7)14-11(17)18)9(16)15-10-13-3-4-19-10/h1-5,14H,(H,17,18)(H,13,15,16). The number of halogens is 1. The van der Waals surface area contributed by atoms with Crippen LogP contribution >= 0.6 is 11.3 Å². The largest absolute Gasteiger partial charge is 0.465 e. The zero-order valence-electron chi connectivity index (χ0n) is 9.38. The lowest BCUT2D eigenvalue weighted by atomic mass is 10.2. The number of anilines is 2. The van der Waals surface area contributed by atoms with E-state index in [-0.39, 0.29) is 11.3 Å². The summed E-state index contributed by atoms with van der Waals surface area (Å²) in [6, 6.07) is 3.45. The van der Waals surface area contributed by atoms with E-state index in [0.717, 1.165) is 6.07 Å². The van der Waals surface area contributed by atoms with Crippen molar-refractivity contribution in [3.05, 3.63) is 41.2 Å². The summed E-state index contributed by atoms with van der Waals surface area (Å²) in [4.78, 5) is 26.0. The van der Waals surface area contributed by atoms with E-state index >= 15 is 0 Å². The molecule has 1 aromatic heterocycles. The number of rotatable bonds is 3. The van der Waals surface area contributed by atoms with Crippen molar-refractivity contribution < 1.29 is 19.1 Å². The highest BCUT2D eigenvalue weighted by Gasteiger charge is 2.12. The van der Waals surface area contributed by atoms with Crippen LogP contribution in [-0.4, -0.2) is 22.1 Å². The van der Waals surface area contributed by atoms with Crippen molar-refractivity contribution in [3.8, 4) is 0 Å². The van der Waals surface area contributed by atoms with E-state index in [1.165, 1.54) is 29.7 Å². The number of nitrogens with zero attached hydrogens (tertiary/aromatic N) is 1. The van der Waals surface area contributed by atoms with Gasteiger partial charge in [-0.05, 0) is 18.2 Å². The van der Waals surface area contributed by atoms with Crippen LogP contribution in [0.4, 0.5) is 20.0 Å². The Morgan fingerprint density at radius 1 is 1.32 bits per heavy atom. The van der Waals surface area contributed by atoms with Crippen molar-refractivity contribution in [1.82, 2.24) is 4.98 Å². The molecule has 19 heavy (non-hydrogen) atoms. The quantitative estimate of drug-likeness (QED) is 0.806. The van der Waals surface area contributed by atoms with Crippen LogP contribution in [0.3, 0.4) is 0 Å². The first-order chi connectivity index (χ1) is 9.06. The minimum atomic E-state index is -1.38. The van der Waals surface area contributed by atoms with Crippen LogP contribution in [0, 0.1) is 5.82 Å². The molecule has 0 radical (unpaired) electrons. The minimum Gasteiger partial charge on any atom is -0.465 e. The lowest BCUT2D eigenvalue weighted by molar-refractivity contribution is 0.102. The molecule has 1 aromatic carbocycles. The van der Waals surface area contributed by atoms with Gasteiger partial charge in [0.15, 0.2) is 5.13 Å². The van der Waals surface area contributed by atoms with Crippen LogP contribution in [0.15, 0.2) is 29.8 Å². The molecule has 2 aromatic rings. The summed E-state index contributed by atoms with van der Waals surface area (Å²) < 4.78 is 13.5. The molecule has 3 N–H and O–H groups in total. The predicted molar refractivity (Wildman–Crippen MR) is 68.1 cm³/mol. The zero-order chi connectivity index (χ0) is 13.8. The van der Waals surface area contributed by atoms with Crippen LogP contribution < -0.4 is 10.6 Å². The lowest BCUT2D eigenvalue weighted by Gasteiger charge is -2.05. The van der Waals surface area contributed by atoms with Crippen LogP contribution in [0.1, 0.15) is 10.4 Å². The molecule has 98 valence electrons. The molecule has 0 saturated heterocycles. The highest BCUT2D eigenvalue weighted by molar-refractivity contribution is 7.13. The number of aromatic nitrogens is 1. The number of amides is 2. The summed E-state index contributed by atoms with van der Waals surface area (Å²) in [6.07, 6.45) is 0.152. The molecule has 1 heterocycles. The second-order valence-corrected chi connectivity index (χ2v) is 4.31. The van der Waals surface area contributed by atoms with Crippen molar-refractivity contribution in [2.45, 2.75) is 0 Å². The number of carbonyl (C=O) groups excluding carboxylic acids is 1. The molecule has 0 aliphatic rings. The van der Waals surface area contributed by atoms with Crippen LogP contribution in [-0.2, 0) is 0 Å². The van der Waals surface area contributed by atoms with Gasteiger partial charge in [0.05, 0.1) is 5.69 Å². The first kappa shape index (κ1) is 13.0. The van der Waals surface area contributed by atoms with Crippen molar-refractivity contribution in [1.29, 1.82) is 0 Å². The molecule has 6 nitrogen and oxygen atoms in total. The Labute approximate surface area is 110 Å². The molecular formula is C11H8FN3O3S. The van der Waals surface area contributed by atoms with Crippen molar-refractivity contribution in [2.75, 3.05) is 10.6 Å². The summed E-state index contributed by atoms with van der Waals surface area (Å²) in [7, 11) is 0. The number of nitrogens with one attached hydrogen (secondary N) is 2. The van der Waals surface area contributed by atoms with E-state index in [1.54, 1.807) is 5.38 Å². The van der Waals surface area contributed by atoms with E-state index in [4.69, 9.17) is 5.11 Å². The van der Waals surface area contributed by atoms with E-state index in [2.05, 4.69) is 10.3 Å². The maximum Gasteiger partial charge on any atom is 0.409 e. The molecule has 0 saturated carbocycles. The SMILES string of the molecule is O=C(O)Nc1ccc(C(=O)Nc2nccs2)cc1F. The van der Waals surface area contributed by atoms with E-state index in [1.807, 2.05) is 5.32 Å². The fourth-order valence-electron chi connectivity index (χ4n) is 1.33. The van der Waals surface area contributed by atoms with Crippen molar-refractivity contribution in [3.63, 3.8) is 0 Å². The highest BCUT2D eigenvalue weighted by Crippen LogP contribution is 2.17. The summed E-state index contributed by atoms with van der Waals surface area (Å²) in [5.41, 5.74) is -0.137. The van der Waals surface area contributed by atoms with Crippen molar-refractivity contribution in [2.24, 2.45) is 0 Å². The summed E-state index contributed by atoms with van der Waals surface area (Å²) in [6.45, 7) is 0. The van der Waals surface area contributed by atoms with E-state index in [0.29, 0.717) is 5.13 Å². The average molecular weight is 281 g/mol. The van der Waals surface area contributed by atoms with Crippen LogP contribution in [0.2, 0.25) is 0 Å². The molecule has 8 heteroatoms. The van der Waals surface area contributed by atoms with Crippen LogP contribution in [0.5, 0.6) is 0 Å². The van der Waals surface area contributed by atoms with Gasteiger partial charge in [-0.25, -0.2) is 14.2 Å². The molecule has 0 spiro atoms. The Hall–Kier alpha value is -2.48. The molecule has 2 rings (SSSR count). The third kappa shape index (κ3) is 3.26. The van der Waals surface area contributed by atoms with Gasteiger partial charge in [0.2, 0.25) is 0 Å². The van der Waals surface area contributed by atoms with Gasteiger partial charge < -0.3 is 5.11 Å². The van der Waals surface area contributed by atoms with Gasteiger partial charge >= 0.3 is 6.09 Å². The fraction of sp³-hybridized carbons (Fsp3) is 0.